The third-order valence-electron chi connectivity index (χ3n) is 6.79. The number of aromatic nitrogens is 3. The van der Waals surface area contributed by atoms with Crippen molar-refractivity contribution in [2.45, 2.75) is 19.9 Å². The van der Waals surface area contributed by atoms with Crippen LogP contribution in [0.2, 0.25) is 0 Å². The molecule has 192 valence electrons. The van der Waals surface area contributed by atoms with Gasteiger partial charge in [0.2, 0.25) is 0 Å². The average molecular weight is 532 g/mol. The highest BCUT2D eigenvalue weighted by molar-refractivity contribution is 7.07. The van der Waals surface area contributed by atoms with Gasteiger partial charge < -0.3 is 5.32 Å². The molecule has 2 N–H and O–H groups in total. The van der Waals surface area contributed by atoms with E-state index in [1.165, 1.54) is 11.3 Å². The number of aryl methyl sites for hydroxylation is 1. The molecule has 1 aliphatic rings. The highest BCUT2D eigenvalue weighted by Gasteiger charge is 2.32. The zero-order valence-electron chi connectivity index (χ0n) is 21.4. The Bertz CT molecular complexity index is 1900. The van der Waals surface area contributed by atoms with E-state index < -0.39 is 6.04 Å². The van der Waals surface area contributed by atoms with Crippen molar-refractivity contribution in [2.75, 3.05) is 5.32 Å². The standard InChI is InChI=1S/C31H25N5O2S/c1-19-11-9-10-16-24(19)34-29(37)26-20(2)33-31-36(28(26)22-14-7-4-8-15-22)30(38)25(39-31)17-23-18-32-35-27(23)21-12-5-3-6-13-21/h3-18,28H,1-2H3,(H,32,35)(H,34,37)/b25-17+/t28-/m0/s1. The Balaban J connectivity index is 1.49. The molecule has 0 saturated heterocycles. The summed E-state index contributed by atoms with van der Waals surface area (Å²) < 4.78 is 2.15. The number of H-pyrrole nitrogens is 1. The van der Waals surface area contributed by atoms with Gasteiger partial charge in [-0.25, -0.2) is 4.99 Å². The zero-order chi connectivity index (χ0) is 26.9. The fourth-order valence-corrected chi connectivity index (χ4v) is 5.89. The molecule has 39 heavy (non-hydrogen) atoms. The molecular formula is C31H25N5O2S. The Morgan fingerprint density at radius 1 is 0.974 bits per heavy atom. The summed E-state index contributed by atoms with van der Waals surface area (Å²) in [5.41, 5.74) is 5.93. The van der Waals surface area contributed by atoms with Crippen molar-refractivity contribution < 1.29 is 4.79 Å². The largest absolute Gasteiger partial charge is 0.322 e. The number of hydrogen-bond donors (Lipinski definition) is 2. The molecule has 8 heteroatoms. The Labute approximate surface area is 228 Å². The first-order chi connectivity index (χ1) is 19.0. The molecule has 1 aliphatic heterocycles. The minimum absolute atomic E-state index is 0.207. The number of para-hydroxylation sites is 1. The monoisotopic (exact) mass is 531 g/mol. The van der Waals surface area contributed by atoms with E-state index in [0.29, 0.717) is 20.6 Å². The topological polar surface area (TPSA) is 92.1 Å². The molecule has 2 aromatic heterocycles. The van der Waals surface area contributed by atoms with Crippen LogP contribution >= 0.6 is 11.3 Å². The van der Waals surface area contributed by atoms with Crippen LogP contribution in [-0.2, 0) is 4.79 Å². The lowest BCUT2D eigenvalue weighted by Crippen LogP contribution is -2.40. The van der Waals surface area contributed by atoms with Crippen LogP contribution in [0.5, 0.6) is 0 Å². The quantitative estimate of drug-likeness (QED) is 0.348. The number of carbonyl (C=O) groups is 1. The maximum Gasteiger partial charge on any atom is 0.271 e. The van der Waals surface area contributed by atoms with Crippen molar-refractivity contribution in [1.82, 2.24) is 14.8 Å². The van der Waals surface area contributed by atoms with E-state index in [0.717, 1.165) is 33.6 Å². The number of allylic oxidation sites excluding steroid dienone is 1. The number of carbonyl (C=O) groups excluding carboxylic acids is 1. The van der Waals surface area contributed by atoms with Crippen molar-refractivity contribution in [3.63, 3.8) is 0 Å². The number of nitrogens with zero attached hydrogens (tertiary/aromatic N) is 3. The summed E-state index contributed by atoms with van der Waals surface area (Å²) in [5.74, 6) is -0.283. The number of anilines is 1. The van der Waals surface area contributed by atoms with Crippen molar-refractivity contribution >= 4 is 29.0 Å². The summed E-state index contributed by atoms with van der Waals surface area (Å²) in [5, 5.41) is 10.3. The first kappa shape index (κ1) is 24.5. The van der Waals surface area contributed by atoms with Crippen molar-refractivity contribution in [1.29, 1.82) is 0 Å². The van der Waals surface area contributed by atoms with Gasteiger partial charge in [-0.1, -0.05) is 90.2 Å². The van der Waals surface area contributed by atoms with Gasteiger partial charge in [-0.05, 0) is 37.1 Å². The van der Waals surface area contributed by atoms with E-state index in [4.69, 9.17) is 4.99 Å². The number of amides is 1. The molecule has 1 amide bonds. The van der Waals surface area contributed by atoms with Crippen LogP contribution in [-0.4, -0.2) is 20.7 Å². The van der Waals surface area contributed by atoms with Crippen LogP contribution in [0.15, 0.2) is 112 Å². The molecule has 0 aliphatic carbocycles. The van der Waals surface area contributed by atoms with E-state index in [-0.39, 0.29) is 11.5 Å². The summed E-state index contributed by atoms with van der Waals surface area (Å²) in [4.78, 5) is 33.0. The second-order valence-electron chi connectivity index (χ2n) is 9.33. The molecule has 0 radical (unpaired) electrons. The van der Waals surface area contributed by atoms with E-state index >= 15 is 0 Å². The average Bonchev–Trinajstić information content (AvgIpc) is 3.54. The van der Waals surface area contributed by atoms with E-state index in [1.54, 1.807) is 10.8 Å². The van der Waals surface area contributed by atoms with Gasteiger partial charge in [0, 0.05) is 16.8 Å². The van der Waals surface area contributed by atoms with Crippen LogP contribution in [0.25, 0.3) is 17.3 Å². The second kappa shape index (κ2) is 10.2. The van der Waals surface area contributed by atoms with Gasteiger partial charge in [-0.15, -0.1) is 0 Å². The number of benzene rings is 3. The zero-order valence-corrected chi connectivity index (χ0v) is 22.2. The number of fused-ring (bicyclic) bond motifs is 1. The van der Waals surface area contributed by atoms with Gasteiger partial charge >= 0.3 is 0 Å². The summed E-state index contributed by atoms with van der Waals surface area (Å²) in [6, 6.07) is 26.5. The highest BCUT2D eigenvalue weighted by Crippen LogP contribution is 2.31. The molecule has 5 aromatic rings. The smallest absolute Gasteiger partial charge is 0.271 e. The third kappa shape index (κ3) is 4.55. The van der Waals surface area contributed by atoms with Gasteiger partial charge in [0.1, 0.15) is 0 Å². The summed E-state index contributed by atoms with van der Waals surface area (Å²) in [6.07, 6.45) is 3.55. The maximum absolute atomic E-state index is 14.0. The van der Waals surface area contributed by atoms with Gasteiger partial charge in [-0.3, -0.25) is 19.3 Å². The molecule has 0 unspecified atom stereocenters. The minimum Gasteiger partial charge on any atom is -0.322 e. The number of aromatic amines is 1. The summed E-state index contributed by atoms with van der Waals surface area (Å²) in [7, 11) is 0. The van der Waals surface area contributed by atoms with Gasteiger partial charge in [0.15, 0.2) is 4.80 Å². The number of hydrogen-bond acceptors (Lipinski definition) is 5. The number of thiazole rings is 1. The molecule has 6 rings (SSSR count). The van der Waals surface area contributed by atoms with E-state index in [9.17, 15) is 9.59 Å². The fourth-order valence-electron chi connectivity index (χ4n) is 4.85. The third-order valence-corrected chi connectivity index (χ3v) is 7.78. The van der Waals surface area contributed by atoms with Crippen molar-refractivity contribution in [3.05, 3.63) is 139 Å². The minimum atomic E-state index is -0.619. The molecule has 0 fully saturated rings. The Kier molecular flexibility index (Phi) is 6.38. The van der Waals surface area contributed by atoms with Crippen molar-refractivity contribution in [3.8, 4) is 11.3 Å². The van der Waals surface area contributed by atoms with Crippen molar-refractivity contribution in [2.24, 2.45) is 4.99 Å². The van der Waals surface area contributed by atoms with Gasteiger partial charge in [-0.2, -0.15) is 5.10 Å². The highest BCUT2D eigenvalue weighted by atomic mass is 32.1. The Morgan fingerprint density at radius 2 is 1.67 bits per heavy atom. The van der Waals surface area contributed by atoms with E-state index in [1.807, 2.05) is 105 Å². The molecule has 0 spiro atoms. The lowest BCUT2D eigenvalue weighted by molar-refractivity contribution is -0.113. The first-order valence-electron chi connectivity index (χ1n) is 12.5. The lowest BCUT2D eigenvalue weighted by atomic mass is 9.95. The van der Waals surface area contributed by atoms with Crippen LogP contribution in [0.3, 0.4) is 0 Å². The summed E-state index contributed by atoms with van der Waals surface area (Å²) >= 11 is 1.31. The van der Waals surface area contributed by atoms with E-state index in [2.05, 4.69) is 15.5 Å². The van der Waals surface area contributed by atoms with Crippen LogP contribution in [0, 0.1) is 6.92 Å². The molecule has 3 heterocycles. The Hall–Kier alpha value is -4.82. The maximum atomic E-state index is 14.0. The lowest BCUT2D eigenvalue weighted by Gasteiger charge is -2.25. The first-order valence-corrected chi connectivity index (χ1v) is 13.4. The van der Waals surface area contributed by atoms with Gasteiger partial charge in [0.25, 0.3) is 11.5 Å². The molecule has 1 atom stereocenters. The summed E-state index contributed by atoms with van der Waals surface area (Å²) in [6.45, 7) is 3.77. The molecule has 7 nitrogen and oxygen atoms in total. The van der Waals surface area contributed by atoms with Crippen LogP contribution < -0.4 is 20.2 Å². The van der Waals surface area contributed by atoms with Gasteiger partial charge in [0.05, 0.1) is 33.7 Å². The molecule has 3 aromatic carbocycles. The molecular weight excluding hydrogens is 506 g/mol. The number of rotatable bonds is 5. The number of nitrogens with one attached hydrogen (secondary N) is 2. The predicted octanol–water partition coefficient (Wildman–Crippen LogP) is 4.57. The Morgan fingerprint density at radius 3 is 2.41 bits per heavy atom. The SMILES string of the molecule is CC1=C(C(=O)Nc2ccccc2C)[C@H](c2ccccc2)n2c(s/c(=C/c3cn[nH]c3-c3ccccc3)c2=O)=N1. The normalized spacial score (nSPS) is 15.1. The fraction of sp³-hybridized carbons (Fsp3) is 0.0968. The molecule has 0 saturated carbocycles. The second-order valence-corrected chi connectivity index (χ2v) is 10.3. The molecule has 0 bridgehead atoms. The van der Waals surface area contributed by atoms with Crippen LogP contribution in [0.4, 0.5) is 5.69 Å². The van der Waals surface area contributed by atoms with Crippen LogP contribution in [0.1, 0.15) is 29.7 Å². The predicted molar refractivity (Wildman–Crippen MR) is 154 cm³/mol.